The third-order valence-electron chi connectivity index (χ3n) is 19.2. The van der Waals surface area contributed by atoms with Crippen molar-refractivity contribution in [2.45, 2.75) is 179 Å². The predicted molar refractivity (Wildman–Crippen MR) is 360 cm³/mol. The highest BCUT2D eigenvalue weighted by Gasteiger charge is 2.55. The summed E-state index contributed by atoms with van der Waals surface area (Å²) in [7, 11) is 0. The Morgan fingerprint density at radius 3 is 1.84 bits per heavy atom. The van der Waals surface area contributed by atoms with Gasteiger partial charge in [-0.15, -0.1) is 0 Å². The first-order valence-corrected chi connectivity index (χ1v) is 34.2. The van der Waals surface area contributed by atoms with Crippen LogP contribution in [0.2, 0.25) is 0 Å². The maximum Gasteiger partial charge on any atom is 0.358 e. The third kappa shape index (κ3) is 18.7. The van der Waals surface area contributed by atoms with Crippen LogP contribution in [-0.2, 0) is 62.5 Å². The van der Waals surface area contributed by atoms with E-state index in [-0.39, 0.29) is 36.4 Å². The van der Waals surface area contributed by atoms with E-state index in [1.807, 2.05) is 30.3 Å². The highest BCUT2D eigenvalue weighted by Crippen LogP contribution is 2.33. The van der Waals surface area contributed by atoms with Gasteiger partial charge in [0, 0.05) is 18.2 Å². The predicted octanol–water partition coefficient (Wildman–Crippen LogP) is -13.9. The molecule has 6 aliphatic rings. The minimum Gasteiger partial charge on any atom is -0.858 e. The fourth-order valence-electron chi connectivity index (χ4n) is 13.1. The van der Waals surface area contributed by atoms with Gasteiger partial charge in [-0.2, -0.15) is 0 Å². The Bertz CT molecular complexity index is 3720. The number of hydrogen-bond acceptors (Lipinski definition) is 30. The van der Waals surface area contributed by atoms with E-state index in [1.165, 1.54) is 24.3 Å². The van der Waals surface area contributed by atoms with Crippen LogP contribution >= 0.6 is 0 Å². The first-order valence-electron chi connectivity index (χ1n) is 34.2. The van der Waals surface area contributed by atoms with E-state index in [4.69, 9.17) is 44.6 Å². The number of hydrogen-bond donors (Lipinski definition) is 24. The standard InChI is InChI=1S/C68H90N12O26/c1-30(34-10-6-3-7-11-34)45-61(97)74-37(20-31-12-18-36(19-13-31)102-65-55(93)53(91)57(43(27-84)105-65)106-66-56(94)58(51(89)42(26-83)104-66)101-29-33-14-16-35(17-15-33)100-28-32-8-4-2-5-9-32)60(96)78-46(48(86)38-21-72-67(69)76-38)63(99)79-47(62(98)75-39(24-81)59(95)71-23-44(85)77-45)49(87)40-22-73-68(70)80(40)64-54(92)52(90)50(88)41(25-82)103-64/h2-19,30,37-43,45-58,64-66,81-84,86-94H,20-29H2,1H3,(H11,69,70,71,72,73,74,75,76,77,78,79,85,95,96,97,98,99)/p+2/t30-,37-,38+,39+,40+,41+,42+,43-,45-,46+,47-,48-,49-,50+,51+,52+,53?,54+,55-,56+,57+,58+,64-,65-,66+/m1/s1. The lowest BCUT2D eigenvalue weighted by atomic mass is 9.92. The zero-order valence-corrected chi connectivity index (χ0v) is 57.1. The van der Waals surface area contributed by atoms with Gasteiger partial charge in [0.05, 0.1) is 39.6 Å². The fourth-order valence-corrected chi connectivity index (χ4v) is 13.1. The molecule has 4 aromatic rings. The van der Waals surface area contributed by atoms with Crippen molar-refractivity contribution in [2.75, 3.05) is 46.1 Å². The van der Waals surface area contributed by atoms with E-state index in [1.54, 1.807) is 61.5 Å². The molecule has 0 aliphatic carbocycles. The van der Waals surface area contributed by atoms with E-state index < -0.39 is 234 Å². The molecule has 4 aromatic carbocycles. The normalized spacial score (nSPS) is 33.8. The first-order chi connectivity index (χ1) is 50.8. The van der Waals surface area contributed by atoms with Gasteiger partial charge in [0.2, 0.25) is 36.1 Å². The number of aliphatic hydroxyl groups excluding tert-OH is 14. The molecule has 106 heavy (non-hydrogen) atoms. The smallest absolute Gasteiger partial charge is 0.358 e. The minimum absolute atomic E-state index is 0.0645. The lowest BCUT2D eigenvalue weighted by Crippen LogP contribution is -2.80. The summed E-state index contributed by atoms with van der Waals surface area (Å²) < 4.78 is 42.2. The number of nitrogens with two attached hydrogens (primary N) is 2. The number of rotatable bonds is 23. The number of guanidine groups is 2. The number of nitrogens with zero attached hydrogens (tertiary/aromatic N) is 2. The molecule has 0 spiro atoms. The summed E-state index contributed by atoms with van der Waals surface area (Å²) in [6.45, 7) is -3.41. The van der Waals surface area contributed by atoms with Crippen LogP contribution in [0.5, 0.6) is 11.5 Å². The van der Waals surface area contributed by atoms with Crippen molar-refractivity contribution in [1.29, 1.82) is 0 Å². The van der Waals surface area contributed by atoms with Crippen LogP contribution in [0.1, 0.15) is 35.1 Å². The summed E-state index contributed by atoms with van der Waals surface area (Å²) in [6, 6.07) is 17.5. The van der Waals surface area contributed by atoms with Crippen LogP contribution in [-0.4, -0.2) is 316 Å². The van der Waals surface area contributed by atoms with Gasteiger partial charge in [0.25, 0.3) is 0 Å². The molecule has 0 bridgehead atoms. The van der Waals surface area contributed by atoms with Gasteiger partial charge in [0.15, 0.2) is 18.9 Å². The van der Waals surface area contributed by atoms with Crippen molar-refractivity contribution in [2.24, 2.45) is 16.5 Å². The quantitative estimate of drug-likeness (QED) is 0.0307. The molecule has 6 aliphatic heterocycles. The van der Waals surface area contributed by atoms with Gasteiger partial charge < -0.3 is 131 Å². The molecule has 3 fully saturated rings. The molecule has 38 heteroatoms. The molecule has 10 rings (SSSR count). The Morgan fingerprint density at radius 1 is 0.594 bits per heavy atom. The summed E-state index contributed by atoms with van der Waals surface area (Å²) in [6.07, 6.45) is -30.8. The molecule has 4 amide bonds. The van der Waals surface area contributed by atoms with Crippen molar-refractivity contribution in [3.8, 4) is 11.5 Å². The number of amides is 4. The molecular formula is C68H92N12O26+2. The molecule has 25 atom stereocenters. The van der Waals surface area contributed by atoms with Crippen LogP contribution in [0.25, 0.3) is 0 Å². The van der Waals surface area contributed by atoms with E-state index in [2.05, 4.69) is 46.9 Å². The van der Waals surface area contributed by atoms with E-state index in [0.717, 1.165) is 10.1 Å². The summed E-state index contributed by atoms with van der Waals surface area (Å²) in [5, 5.41) is 185. The van der Waals surface area contributed by atoms with Crippen LogP contribution in [0, 0.1) is 0 Å². The van der Waals surface area contributed by atoms with Crippen molar-refractivity contribution < 1.29 is 143 Å². The Labute approximate surface area is 605 Å². The van der Waals surface area contributed by atoms with E-state index >= 15 is 9.59 Å². The van der Waals surface area contributed by atoms with Crippen molar-refractivity contribution in [3.05, 3.63) is 131 Å². The summed E-state index contributed by atoms with van der Waals surface area (Å²) in [5.74, 6) is -7.98. The molecule has 0 aromatic heterocycles. The monoisotopic (exact) mass is 1490 g/mol. The number of ether oxygens (including phenoxy) is 7. The third-order valence-corrected chi connectivity index (χ3v) is 19.2. The number of carbonyl (C=O) groups excluding carboxylic acids is 4. The SMILES string of the molecule is C[C@H](c1ccccc1)[C@H]1N=C([O-])C[NH+]=C(O)[C@H](CO)NC(=O)[C@@H]([C@H](O)[C@@H]2CNC(N)=[N+]2[C@@H]2O[C@@H](CO)[C@H](O)[C@H](O)[C@@H]2O)NC(=O)[C@H]([C@H](O)[C@@H]2C[NH+]=C(N)N2)NC(=O)[C@@H](Cc2ccc(O[C@@H]3O[C@H](CO)[C@H](O[C@@H]4O[C@@H](CO)[C@H](O)[C@H](OCc5ccc(OCc6ccccc6)cc5)[C@@H]4O)C(O)[C@H]3O)cc2)NC1=O. The fraction of sp³-hybridized carbons (Fsp3) is 0.529. The molecule has 1 unspecified atom stereocenters. The van der Waals surface area contributed by atoms with Gasteiger partial charge in [-0.3, -0.25) is 51.3 Å². The highest BCUT2D eigenvalue weighted by molar-refractivity contribution is 5.97. The van der Waals surface area contributed by atoms with Gasteiger partial charge in [-0.25, -0.2) is 9.57 Å². The maximum atomic E-state index is 15.3. The lowest BCUT2D eigenvalue weighted by Gasteiger charge is -2.46. The van der Waals surface area contributed by atoms with Crippen LogP contribution in [0.15, 0.2) is 114 Å². The Morgan fingerprint density at radius 2 is 1.19 bits per heavy atom. The molecule has 0 radical (unpaired) electrons. The topological polar surface area (TPSA) is 607 Å². The number of aliphatic hydroxyl groups is 14. The number of carbonyl (C=O) groups is 4. The summed E-state index contributed by atoms with van der Waals surface area (Å²) >= 11 is 0. The van der Waals surface area contributed by atoms with Crippen molar-refractivity contribution >= 4 is 47.3 Å². The molecule has 3 saturated heterocycles. The molecular weight excluding hydrogens is 1400 g/mol. The highest BCUT2D eigenvalue weighted by atomic mass is 16.7. The molecule has 0 saturated carbocycles. The number of benzene rings is 4. The van der Waals surface area contributed by atoms with Crippen LogP contribution < -0.4 is 67.9 Å². The minimum atomic E-state index is -2.30. The van der Waals surface area contributed by atoms with Gasteiger partial charge in [0.1, 0.15) is 146 Å². The second kappa shape index (κ2) is 36.1. The zero-order chi connectivity index (χ0) is 76.2. The van der Waals surface area contributed by atoms with Crippen LogP contribution in [0.3, 0.4) is 0 Å². The second-order valence-electron chi connectivity index (χ2n) is 26.3. The lowest BCUT2D eigenvalue weighted by molar-refractivity contribution is -0.663. The number of aliphatic imine (C=N–C) groups is 1. The number of nitrogens with one attached hydrogen (secondary N) is 8. The second-order valence-corrected chi connectivity index (χ2v) is 26.3. The largest absolute Gasteiger partial charge is 0.858 e. The van der Waals surface area contributed by atoms with E-state index in [0.29, 0.717) is 23.5 Å². The van der Waals surface area contributed by atoms with E-state index in [9.17, 15) is 86.2 Å². The van der Waals surface area contributed by atoms with Gasteiger partial charge in [-0.05, 0) is 46.5 Å². The van der Waals surface area contributed by atoms with Gasteiger partial charge >= 0.3 is 17.8 Å². The summed E-state index contributed by atoms with van der Waals surface area (Å²) in [5.41, 5.74) is 14.6. The Balaban J connectivity index is 0.895. The Kier molecular flexibility index (Phi) is 27.2. The van der Waals surface area contributed by atoms with Gasteiger partial charge in [-0.1, -0.05) is 91.9 Å². The van der Waals surface area contributed by atoms with Crippen molar-refractivity contribution in [1.82, 2.24) is 31.9 Å². The van der Waals surface area contributed by atoms with Crippen molar-refractivity contribution in [3.63, 3.8) is 0 Å². The van der Waals surface area contributed by atoms with Crippen LogP contribution in [0.4, 0.5) is 0 Å². The zero-order valence-electron chi connectivity index (χ0n) is 57.1. The average molecular weight is 1490 g/mol. The molecule has 38 nitrogen and oxygen atoms in total. The molecule has 26 N–H and O–H groups in total. The summed E-state index contributed by atoms with van der Waals surface area (Å²) in [4.78, 5) is 69.4. The maximum absolute atomic E-state index is 15.3. The Hall–Kier alpha value is -8.88. The average Bonchev–Trinajstić information content (AvgIpc) is 1.24. The molecule has 6 heterocycles. The molecule has 578 valence electrons. The first kappa shape index (κ1) is 79.7.